The molecule has 0 radical (unpaired) electrons. The van der Waals surface area contributed by atoms with Crippen LogP contribution in [0, 0.1) is 0 Å². The maximum absolute atomic E-state index is 12.8. The standard InChI is InChI=1S/C21H24BrNO2/c1-2-20(17-10-6-11-18(22)14-17)25-21(24)19-12-7-13-23(19)15-16-8-4-3-5-9-16/h3-6,8-11,14,19-20H,2,7,12-13,15H2,1H3/t19-,20-/m0/s1. The predicted octanol–water partition coefficient (Wildman–Crippen LogP) is 5.11. The summed E-state index contributed by atoms with van der Waals surface area (Å²) in [5.74, 6) is -0.0970. The fraction of sp³-hybridized carbons (Fsp3) is 0.381. The second kappa shape index (κ2) is 8.63. The van der Waals surface area contributed by atoms with Crippen LogP contribution in [0.4, 0.5) is 0 Å². The quantitative estimate of drug-likeness (QED) is 0.629. The smallest absolute Gasteiger partial charge is 0.323 e. The number of ether oxygens (including phenoxy) is 1. The molecule has 0 aliphatic carbocycles. The molecule has 2 atom stereocenters. The number of rotatable bonds is 6. The lowest BCUT2D eigenvalue weighted by Gasteiger charge is -2.25. The Morgan fingerprint density at radius 2 is 2.04 bits per heavy atom. The Morgan fingerprint density at radius 3 is 2.76 bits per heavy atom. The van der Waals surface area contributed by atoms with E-state index in [9.17, 15) is 4.79 Å². The first-order valence-electron chi connectivity index (χ1n) is 8.91. The summed E-state index contributed by atoms with van der Waals surface area (Å²) in [7, 11) is 0. The second-order valence-corrected chi connectivity index (χ2v) is 7.42. The van der Waals surface area contributed by atoms with E-state index in [1.54, 1.807) is 0 Å². The topological polar surface area (TPSA) is 29.5 Å². The zero-order chi connectivity index (χ0) is 17.6. The normalized spacial score (nSPS) is 18.9. The van der Waals surface area contributed by atoms with Crippen molar-refractivity contribution in [2.75, 3.05) is 6.54 Å². The van der Waals surface area contributed by atoms with Gasteiger partial charge in [0, 0.05) is 11.0 Å². The number of esters is 1. The highest BCUT2D eigenvalue weighted by Crippen LogP contribution is 2.27. The number of hydrogen-bond acceptors (Lipinski definition) is 3. The van der Waals surface area contributed by atoms with E-state index < -0.39 is 0 Å². The van der Waals surface area contributed by atoms with E-state index in [4.69, 9.17) is 4.74 Å². The number of carbonyl (C=O) groups excluding carboxylic acids is 1. The predicted molar refractivity (Wildman–Crippen MR) is 103 cm³/mol. The van der Waals surface area contributed by atoms with Crippen molar-refractivity contribution in [3.05, 3.63) is 70.2 Å². The third kappa shape index (κ3) is 4.71. The van der Waals surface area contributed by atoms with Crippen molar-refractivity contribution < 1.29 is 9.53 Å². The summed E-state index contributed by atoms with van der Waals surface area (Å²) in [5, 5.41) is 0. The van der Waals surface area contributed by atoms with Gasteiger partial charge in [-0.2, -0.15) is 0 Å². The summed E-state index contributed by atoms with van der Waals surface area (Å²) in [6, 6.07) is 18.2. The SMILES string of the molecule is CC[C@H](OC(=O)[C@@H]1CCCN1Cc1ccccc1)c1cccc(Br)c1. The molecule has 3 nitrogen and oxygen atoms in total. The molecule has 3 rings (SSSR count). The number of nitrogens with zero attached hydrogens (tertiary/aromatic N) is 1. The van der Waals surface area contributed by atoms with Gasteiger partial charge >= 0.3 is 5.97 Å². The molecule has 1 aliphatic rings. The van der Waals surface area contributed by atoms with Gasteiger partial charge in [0.1, 0.15) is 12.1 Å². The number of benzene rings is 2. The maximum Gasteiger partial charge on any atom is 0.323 e. The van der Waals surface area contributed by atoms with Crippen LogP contribution in [0.25, 0.3) is 0 Å². The molecule has 0 saturated carbocycles. The highest BCUT2D eigenvalue weighted by Gasteiger charge is 2.33. The largest absolute Gasteiger partial charge is 0.456 e. The first kappa shape index (κ1) is 18.2. The minimum Gasteiger partial charge on any atom is -0.456 e. The van der Waals surface area contributed by atoms with Crippen LogP contribution >= 0.6 is 15.9 Å². The lowest BCUT2D eigenvalue weighted by molar-refractivity contribution is -0.155. The van der Waals surface area contributed by atoms with Crippen molar-refractivity contribution in [1.29, 1.82) is 0 Å². The summed E-state index contributed by atoms with van der Waals surface area (Å²) in [6.07, 6.45) is 2.50. The van der Waals surface area contributed by atoms with Crippen LogP contribution in [0.15, 0.2) is 59.1 Å². The molecule has 0 amide bonds. The van der Waals surface area contributed by atoms with Crippen LogP contribution in [0.5, 0.6) is 0 Å². The average molecular weight is 402 g/mol. The Hall–Kier alpha value is -1.65. The van der Waals surface area contributed by atoms with Crippen LogP contribution in [0.3, 0.4) is 0 Å². The van der Waals surface area contributed by atoms with E-state index in [1.165, 1.54) is 5.56 Å². The molecule has 2 aromatic carbocycles. The van der Waals surface area contributed by atoms with Crippen LogP contribution in [-0.2, 0) is 16.1 Å². The third-order valence-electron chi connectivity index (χ3n) is 4.71. The highest BCUT2D eigenvalue weighted by atomic mass is 79.9. The lowest BCUT2D eigenvalue weighted by Crippen LogP contribution is -2.37. The first-order valence-corrected chi connectivity index (χ1v) is 9.70. The molecule has 25 heavy (non-hydrogen) atoms. The first-order chi connectivity index (χ1) is 12.2. The van der Waals surface area contributed by atoms with E-state index in [0.717, 1.165) is 42.4 Å². The van der Waals surface area contributed by atoms with Gasteiger partial charge in [0.2, 0.25) is 0 Å². The van der Waals surface area contributed by atoms with Gasteiger partial charge in [-0.15, -0.1) is 0 Å². The van der Waals surface area contributed by atoms with Crippen LogP contribution in [0.2, 0.25) is 0 Å². The van der Waals surface area contributed by atoms with Crippen LogP contribution in [0.1, 0.15) is 43.4 Å². The van der Waals surface area contributed by atoms with Gasteiger partial charge in [-0.25, -0.2) is 0 Å². The molecular weight excluding hydrogens is 378 g/mol. The Kier molecular flexibility index (Phi) is 6.27. The Labute approximate surface area is 158 Å². The van der Waals surface area contributed by atoms with Crippen LogP contribution < -0.4 is 0 Å². The fourth-order valence-electron chi connectivity index (χ4n) is 3.41. The molecule has 0 bridgehead atoms. The molecule has 2 aromatic rings. The van der Waals surface area contributed by atoms with E-state index in [2.05, 4.69) is 39.9 Å². The van der Waals surface area contributed by atoms with Crippen molar-refractivity contribution >= 4 is 21.9 Å². The Morgan fingerprint density at radius 1 is 1.24 bits per heavy atom. The lowest BCUT2D eigenvalue weighted by atomic mass is 10.1. The van der Waals surface area contributed by atoms with Crippen LogP contribution in [-0.4, -0.2) is 23.5 Å². The molecule has 1 aliphatic heterocycles. The molecule has 0 unspecified atom stereocenters. The van der Waals surface area contributed by atoms with Gasteiger partial charge in [-0.05, 0) is 49.1 Å². The van der Waals surface area contributed by atoms with Crippen molar-refractivity contribution in [2.24, 2.45) is 0 Å². The van der Waals surface area contributed by atoms with Gasteiger partial charge in [-0.1, -0.05) is 65.3 Å². The average Bonchev–Trinajstić information content (AvgIpc) is 3.08. The van der Waals surface area contributed by atoms with E-state index in [-0.39, 0.29) is 18.1 Å². The fourth-order valence-corrected chi connectivity index (χ4v) is 3.83. The zero-order valence-electron chi connectivity index (χ0n) is 14.5. The molecule has 0 N–H and O–H groups in total. The van der Waals surface area contributed by atoms with E-state index in [1.807, 2.05) is 42.5 Å². The van der Waals surface area contributed by atoms with Crippen molar-refractivity contribution in [3.63, 3.8) is 0 Å². The highest BCUT2D eigenvalue weighted by molar-refractivity contribution is 9.10. The summed E-state index contributed by atoms with van der Waals surface area (Å²) in [6.45, 7) is 3.80. The van der Waals surface area contributed by atoms with E-state index >= 15 is 0 Å². The van der Waals surface area contributed by atoms with Gasteiger partial charge in [-0.3, -0.25) is 9.69 Å². The van der Waals surface area contributed by atoms with Gasteiger partial charge < -0.3 is 4.74 Å². The number of likely N-dealkylation sites (tertiary alicyclic amines) is 1. The summed E-state index contributed by atoms with van der Waals surface area (Å²) >= 11 is 3.49. The molecule has 0 spiro atoms. The monoisotopic (exact) mass is 401 g/mol. The minimum atomic E-state index is -0.191. The van der Waals surface area contributed by atoms with Crippen molar-refractivity contribution in [1.82, 2.24) is 4.90 Å². The summed E-state index contributed by atoms with van der Waals surface area (Å²) < 4.78 is 6.90. The molecular formula is C21H24BrNO2. The Balaban J connectivity index is 1.66. The molecule has 132 valence electrons. The van der Waals surface area contributed by atoms with Gasteiger partial charge in [0.15, 0.2) is 0 Å². The van der Waals surface area contributed by atoms with Crippen molar-refractivity contribution in [2.45, 2.75) is 44.9 Å². The number of carbonyl (C=O) groups is 1. The Bertz CT molecular complexity index is 704. The summed E-state index contributed by atoms with van der Waals surface area (Å²) in [5.41, 5.74) is 2.28. The van der Waals surface area contributed by atoms with E-state index in [0.29, 0.717) is 0 Å². The zero-order valence-corrected chi connectivity index (χ0v) is 16.1. The number of hydrogen-bond donors (Lipinski definition) is 0. The van der Waals surface area contributed by atoms with Gasteiger partial charge in [0.25, 0.3) is 0 Å². The third-order valence-corrected chi connectivity index (χ3v) is 5.21. The minimum absolute atomic E-state index is 0.0970. The maximum atomic E-state index is 12.8. The van der Waals surface area contributed by atoms with Crippen molar-refractivity contribution in [3.8, 4) is 0 Å². The number of halogens is 1. The molecule has 1 fully saturated rings. The summed E-state index contributed by atoms with van der Waals surface area (Å²) in [4.78, 5) is 15.0. The molecule has 1 heterocycles. The van der Waals surface area contributed by atoms with Gasteiger partial charge in [0.05, 0.1) is 0 Å². The second-order valence-electron chi connectivity index (χ2n) is 6.50. The molecule has 4 heteroatoms. The molecule has 1 saturated heterocycles. The molecule has 0 aromatic heterocycles.